The van der Waals surface area contributed by atoms with Gasteiger partial charge in [-0.15, -0.1) is 0 Å². The van der Waals surface area contributed by atoms with Crippen LogP contribution in [-0.2, 0) is 14.3 Å². The van der Waals surface area contributed by atoms with Gasteiger partial charge >= 0.3 is 5.97 Å². The topological polar surface area (TPSA) is 66.8 Å². The molecule has 17 heavy (non-hydrogen) atoms. The molecule has 1 aliphatic rings. The first-order chi connectivity index (χ1) is 7.86. The highest BCUT2D eigenvalue weighted by Gasteiger charge is 2.34. The van der Waals surface area contributed by atoms with Gasteiger partial charge in [-0.3, -0.25) is 9.59 Å². The number of aliphatic carboxylic acids is 1. The monoisotopic (exact) mass is 243 g/mol. The van der Waals surface area contributed by atoms with Crippen LogP contribution in [0.5, 0.6) is 0 Å². The van der Waals surface area contributed by atoms with Gasteiger partial charge in [0, 0.05) is 26.6 Å². The largest absolute Gasteiger partial charge is 0.481 e. The number of likely N-dealkylation sites (tertiary alicyclic amines) is 1. The summed E-state index contributed by atoms with van der Waals surface area (Å²) in [4.78, 5) is 24.4. The van der Waals surface area contributed by atoms with Gasteiger partial charge in [-0.05, 0) is 32.6 Å². The number of methoxy groups -OCH3 is 1. The first kappa shape index (κ1) is 14.0. The molecule has 0 atom stereocenters. The van der Waals surface area contributed by atoms with Crippen molar-refractivity contribution < 1.29 is 19.4 Å². The summed E-state index contributed by atoms with van der Waals surface area (Å²) < 4.78 is 5.16. The molecule has 0 aromatic rings. The molecule has 5 nitrogen and oxygen atoms in total. The molecule has 1 rings (SSSR count). The zero-order valence-corrected chi connectivity index (χ0v) is 10.7. The Bertz CT molecular complexity index is 293. The van der Waals surface area contributed by atoms with Gasteiger partial charge in [0.1, 0.15) is 5.60 Å². The molecule has 0 aliphatic carbocycles. The second-order valence-corrected chi connectivity index (χ2v) is 5.05. The third-order valence-corrected chi connectivity index (χ3v) is 3.39. The normalized spacial score (nSPS) is 18.2. The number of carbonyl (C=O) groups is 2. The summed E-state index contributed by atoms with van der Waals surface area (Å²) in [5.41, 5.74) is -0.792. The highest BCUT2D eigenvalue weighted by atomic mass is 16.5. The van der Waals surface area contributed by atoms with Crippen molar-refractivity contribution in [2.45, 2.75) is 38.7 Å². The molecule has 5 heteroatoms. The van der Waals surface area contributed by atoms with E-state index >= 15 is 0 Å². The lowest BCUT2D eigenvalue weighted by Gasteiger charge is -2.36. The fourth-order valence-corrected chi connectivity index (χ4v) is 2.06. The van der Waals surface area contributed by atoms with E-state index in [9.17, 15) is 9.59 Å². The smallest absolute Gasteiger partial charge is 0.303 e. The fourth-order valence-electron chi connectivity index (χ4n) is 2.06. The second-order valence-electron chi connectivity index (χ2n) is 5.05. The number of carbonyl (C=O) groups excluding carboxylic acids is 1. The second kappa shape index (κ2) is 5.49. The molecule has 1 saturated heterocycles. The summed E-state index contributed by atoms with van der Waals surface area (Å²) in [6.45, 7) is 4.75. The Kier molecular flexibility index (Phi) is 4.51. The van der Waals surface area contributed by atoms with Crippen LogP contribution in [0.4, 0.5) is 0 Å². The van der Waals surface area contributed by atoms with E-state index in [-0.39, 0.29) is 18.2 Å². The quantitative estimate of drug-likeness (QED) is 0.803. The number of nitrogens with zero attached hydrogens (tertiary/aromatic N) is 1. The standard InChI is InChI=1S/C12H21NO4/c1-12(2,17-3)11(16)13-6-4-9(5-7-13)8-10(14)15/h9H,4-8H2,1-3H3,(H,14,15). The van der Waals surface area contributed by atoms with Crippen LogP contribution < -0.4 is 0 Å². The van der Waals surface area contributed by atoms with Gasteiger partial charge in [0.15, 0.2) is 0 Å². The van der Waals surface area contributed by atoms with Crippen molar-refractivity contribution in [1.29, 1.82) is 0 Å². The van der Waals surface area contributed by atoms with E-state index < -0.39 is 11.6 Å². The summed E-state index contributed by atoms with van der Waals surface area (Å²) in [6, 6.07) is 0. The Morgan fingerprint density at radius 2 is 1.88 bits per heavy atom. The van der Waals surface area contributed by atoms with Crippen molar-refractivity contribution in [2.75, 3.05) is 20.2 Å². The molecular formula is C12H21NO4. The minimum Gasteiger partial charge on any atom is -0.481 e. The molecule has 1 aliphatic heterocycles. The number of hydrogen-bond donors (Lipinski definition) is 1. The number of ether oxygens (including phenoxy) is 1. The summed E-state index contributed by atoms with van der Waals surface area (Å²) in [5, 5.41) is 8.71. The van der Waals surface area contributed by atoms with Gasteiger partial charge in [-0.1, -0.05) is 0 Å². The zero-order valence-electron chi connectivity index (χ0n) is 10.7. The Morgan fingerprint density at radius 3 is 2.29 bits per heavy atom. The van der Waals surface area contributed by atoms with Crippen molar-refractivity contribution >= 4 is 11.9 Å². The van der Waals surface area contributed by atoms with Crippen LogP contribution in [0.25, 0.3) is 0 Å². The Hall–Kier alpha value is -1.10. The number of carboxylic acid groups (broad SMARTS) is 1. The lowest BCUT2D eigenvalue weighted by molar-refractivity contribution is -0.152. The molecule has 98 valence electrons. The van der Waals surface area contributed by atoms with Crippen LogP contribution in [-0.4, -0.2) is 47.7 Å². The van der Waals surface area contributed by atoms with Crippen LogP contribution in [0.2, 0.25) is 0 Å². The van der Waals surface area contributed by atoms with E-state index in [0.29, 0.717) is 13.1 Å². The molecule has 0 saturated carbocycles. The highest BCUT2D eigenvalue weighted by Crippen LogP contribution is 2.23. The average molecular weight is 243 g/mol. The maximum absolute atomic E-state index is 12.1. The number of amides is 1. The summed E-state index contributed by atoms with van der Waals surface area (Å²) >= 11 is 0. The molecule has 1 fully saturated rings. The maximum atomic E-state index is 12.1. The molecule has 1 N–H and O–H groups in total. The lowest BCUT2D eigenvalue weighted by atomic mass is 9.92. The van der Waals surface area contributed by atoms with Crippen molar-refractivity contribution in [3.8, 4) is 0 Å². The molecule has 0 unspecified atom stereocenters. The van der Waals surface area contributed by atoms with Gasteiger partial charge in [0.25, 0.3) is 5.91 Å². The van der Waals surface area contributed by atoms with Gasteiger partial charge in [0.2, 0.25) is 0 Å². The fraction of sp³-hybridized carbons (Fsp3) is 0.833. The maximum Gasteiger partial charge on any atom is 0.303 e. The highest BCUT2D eigenvalue weighted by molar-refractivity contribution is 5.84. The van der Waals surface area contributed by atoms with Crippen molar-refractivity contribution in [3.63, 3.8) is 0 Å². The van der Waals surface area contributed by atoms with Crippen molar-refractivity contribution in [2.24, 2.45) is 5.92 Å². The third-order valence-electron chi connectivity index (χ3n) is 3.39. The van der Waals surface area contributed by atoms with Crippen LogP contribution in [0.15, 0.2) is 0 Å². The van der Waals surface area contributed by atoms with Crippen LogP contribution in [0, 0.1) is 5.92 Å². The van der Waals surface area contributed by atoms with Gasteiger partial charge < -0.3 is 14.7 Å². The van der Waals surface area contributed by atoms with Crippen molar-refractivity contribution in [3.05, 3.63) is 0 Å². The Balaban J connectivity index is 2.47. The van der Waals surface area contributed by atoms with Crippen LogP contribution >= 0.6 is 0 Å². The van der Waals surface area contributed by atoms with Crippen LogP contribution in [0.1, 0.15) is 33.1 Å². The molecule has 0 spiro atoms. The van der Waals surface area contributed by atoms with Gasteiger partial charge in [-0.2, -0.15) is 0 Å². The van der Waals surface area contributed by atoms with E-state index in [1.807, 2.05) is 0 Å². The molecule has 0 aromatic carbocycles. The predicted octanol–water partition coefficient (Wildman–Crippen LogP) is 1.12. The molecule has 1 heterocycles. The molecule has 0 aromatic heterocycles. The van der Waals surface area contributed by atoms with E-state index in [2.05, 4.69) is 0 Å². The van der Waals surface area contributed by atoms with E-state index in [1.165, 1.54) is 7.11 Å². The molecular weight excluding hydrogens is 222 g/mol. The van der Waals surface area contributed by atoms with Gasteiger partial charge in [-0.25, -0.2) is 0 Å². The zero-order chi connectivity index (χ0) is 13.1. The molecule has 0 bridgehead atoms. The average Bonchev–Trinajstić information content (AvgIpc) is 2.28. The minimum atomic E-state index is -0.792. The molecule has 0 radical (unpaired) electrons. The number of carboxylic acids is 1. The van der Waals surface area contributed by atoms with Gasteiger partial charge in [0.05, 0.1) is 0 Å². The Labute approximate surface area is 102 Å². The number of piperidine rings is 1. The van der Waals surface area contributed by atoms with E-state index in [4.69, 9.17) is 9.84 Å². The Morgan fingerprint density at radius 1 is 1.35 bits per heavy atom. The summed E-state index contributed by atoms with van der Waals surface area (Å²) in [5.74, 6) is -0.581. The van der Waals surface area contributed by atoms with E-state index in [1.54, 1.807) is 18.7 Å². The number of hydrogen-bond acceptors (Lipinski definition) is 3. The molecule has 1 amide bonds. The minimum absolute atomic E-state index is 0.0197. The van der Waals surface area contributed by atoms with Crippen LogP contribution in [0.3, 0.4) is 0 Å². The first-order valence-corrected chi connectivity index (χ1v) is 5.93. The SMILES string of the molecule is COC(C)(C)C(=O)N1CCC(CC(=O)O)CC1. The van der Waals surface area contributed by atoms with Crippen molar-refractivity contribution in [1.82, 2.24) is 4.90 Å². The number of rotatable bonds is 4. The first-order valence-electron chi connectivity index (χ1n) is 5.93. The van der Waals surface area contributed by atoms with E-state index in [0.717, 1.165) is 12.8 Å². The predicted molar refractivity (Wildman–Crippen MR) is 62.6 cm³/mol. The lowest BCUT2D eigenvalue weighted by Crippen LogP contribution is -2.49. The third kappa shape index (κ3) is 3.70. The summed E-state index contributed by atoms with van der Waals surface area (Å²) in [6.07, 6.45) is 1.73. The summed E-state index contributed by atoms with van der Waals surface area (Å²) in [7, 11) is 1.52.